The first-order chi connectivity index (χ1) is 15.3. The van der Waals surface area contributed by atoms with Crippen molar-refractivity contribution in [3.05, 3.63) is 10.2 Å². The maximum atomic E-state index is 5.88. The van der Waals surface area contributed by atoms with E-state index in [0.717, 1.165) is 0 Å². The minimum atomic E-state index is -0.336. The van der Waals surface area contributed by atoms with Gasteiger partial charge in [0.05, 0.1) is 0 Å². The van der Waals surface area contributed by atoms with Gasteiger partial charge < -0.3 is 4.90 Å². The molecule has 0 unspecified atom stereocenters. The molecule has 0 amide bonds. The number of hydrogen-bond acceptors (Lipinski definition) is 1. The van der Waals surface area contributed by atoms with Gasteiger partial charge in [-0.2, -0.15) is 0 Å². The average Bonchev–Trinajstić information content (AvgIpc) is 2.57. The van der Waals surface area contributed by atoms with Gasteiger partial charge in [0.15, 0.2) is 0 Å². The van der Waals surface area contributed by atoms with Crippen LogP contribution in [0.4, 0.5) is 0 Å². The minimum absolute atomic E-state index is 0.0172. The fourth-order valence-electron chi connectivity index (χ4n) is 5.21. The summed E-state index contributed by atoms with van der Waals surface area (Å²) in [5.74, 6) is 0. The molecular formula is C29H61ClIrNP2. The van der Waals surface area contributed by atoms with Gasteiger partial charge in [-0.05, 0) is 40.0 Å². The van der Waals surface area contributed by atoms with Gasteiger partial charge in [0.2, 0.25) is 0 Å². The third kappa shape index (κ3) is 15.7. The Balaban J connectivity index is 0.000000896. The van der Waals surface area contributed by atoms with E-state index in [9.17, 15) is 0 Å². The predicted octanol–water partition coefficient (Wildman–Crippen LogP) is 10.3. The summed E-state index contributed by atoms with van der Waals surface area (Å²) in [6.07, 6.45) is 13.3. The van der Waals surface area contributed by atoms with Crippen molar-refractivity contribution in [2.24, 2.45) is 0 Å². The first-order valence-electron chi connectivity index (χ1n) is 13.5. The summed E-state index contributed by atoms with van der Waals surface area (Å²) in [7, 11) is 8.24. The summed E-state index contributed by atoms with van der Waals surface area (Å²) in [6, 6.07) is 0. The van der Waals surface area contributed by atoms with Gasteiger partial charge in [-0.1, -0.05) is 98.9 Å². The third-order valence-corrected chi connectivity index (χ3v) is 17.4. The monoisotopic (exact) mass is 713 g/mol. The molecule has 0 spiro atoms. The van der Waals surface area contributed by atoms with E-state index in [2.05, 4.69) is 101 Å². The Morgan fingerprint density at radius 3 is 1.44 bits per heavy atom. The topological polar surface area (TPSA) is 3.24 Å². The molecule has 5 heteroatoms. The molecule has 0 radical (unpaired) electrons. The Labute approximate surface area is 230 Å². The quantitative estimate of drug-likeness (QED) is 0.238. The Morgan fingerprint density at radius 2 is 1.09 bits per heavy atom. The summed E-state index contributed by atoms with van der Waals surface area (Å²) in [5.41, 5.74) is 0. The fourth-order valence-corrected chi connectivity index (χ4v) is 15.2. The second kappa shape index (κ2) is 15.8. The number of nitrogens with zero attached hydrogens (tertiary/aromatic N) is 1. The molecule has 0 aromatic rings. The van der Waals surface area contributed by atoms with Crippen molar-refractivity contribution in [3.63, 3.8) is 0 Å². The molecule has 0 saturated heterocycles. The zero-order valence-corrected chi connectivity index (χ0v) is 30.3. The van der Waals surface area contributed by atoms with Crippen molar-refractivity contribution in [3.8, 4) is 0 Å². The van der Waals surface area contributed by atoms with Gasteiger partial charge in [0.1, 0.15) is 0 Å². The van der Waals surface area contributed by atoms with Gasteiger partial charge in [-0.15, -0.1) is 0 Å². The van der Waals surface area contributed by atoms with Crippen LogP contribution in [0.2, 0.25) is 0 Å². The van der Waals surface area contributed by atoms with Crippen LogP contribution in [0, 0.1) is 0 Å². The number of hydrogen-bond donors (Lipinski definition) is 0. The zero-order chi connectivity index (χ0) is 26.8. The van der Waals surface area contributed by atoms with Crippen molar-refractivity contribution in [2.45, 2.75) is 142 Å². The summed E-state index contributed by atoms with van der Waals surface area (Å²) in [6.45, 7) is 31.7. The molecule has 0 aromatic carbocycles. The van der Waals surface area contributed by atoms with Gasteiger partial charge in [-0.25, -0.2) is 0 Å². The van der Waals surface area contributed by atoms with Crippen molar-refractivity contribution in [2.75, 3.05) is 32.5 Å². The molecule has 1 rings (SSSR count). The molecule has 0 heterocycles. The molecule has 0 fully saturated rings. The summed E-state index contributed by atoms with van der Waals surface area (Å²) >= 11 is -0.336. The van der Waals surface area contributed by atoms with Crippen LogP contribution in [0.5, 0.6) is 0 Å². The average molecular weight is 713 g/mol. The van der Waals surface area contributed by atoms with Gasteiger partial charge in [-0.3, -0.25) is 0 Å². The molecule has 208 valence electrons. The first-order valence-corrected chi connectivity index (χ1v) is 20.9. The molecular weight excluding hydrogens is 652 g/mol. The van der Waals surface area contributed by atoms with E-state index in [0.29, 0.717) is 20.6 Å². The molecule has 0 atom stereocenters. The molecule has 0 aromatic heterocycles. The van der Waals surface area contributed by atoms with Gasteiger partial charge in [0.25, 0.3) is 0 Å². The van der Waals surface area contributed by atoms with E-state index >= 15 is 0 Å². The van der Waals surface area contributed by atoms with E-state index in [1.54, 1.807) is 4.09 Å². The van der Waals surface area contributed by atoms with Crippen LogP contribution in [0.1, 0.15) is 122 Å². The van der Waals surface area contributed by atoms with E-state index < -0.39 is 0 Å². The van der Waals surface area contributed by atoms with Crippen molar-refractivity contribution < 1.29 is 16.7 Å². The predicted molar refractivity (Wildman–Crippen MR) is 163 cm³/mol. The number of allylic oxidation sites excluding steroid dienone is 2. The van der Waals surface area contributed by atoms with Crippen LogP contribution in [0.25, 0.3) is 0 Å². The molecule has 0 N–H and O–H groups in total. The van der Waals surface area contributed by atoms with Crippen LogP contribution in [0.3, 0.4) is 0 Å². The second-order valence-electron chi connectivity index (χ2n) is 13.9. The second-order valence-corrected chi connectivity index (χ2v) is 25.1. The third-order valence-electron chi connectivity index (χ3n) is 6.46. The Bertz CT molecular complexity index is 515. The molecule has 1 aliphatic rings. The molecule has 1 nitrogen and oxygen atoms in total. The Hall–Kier alpha value is 1.50. The molecule has 34 heavy (non-hydrogen) atoms. The fraction of sp³-hybridized carbons (Fsp3) is 0.931. The van der Waals surface area contributed by atoms with Crippen molar-refractivity contribution in [1.82, 2.24) is 4.90 Å². The zero-order valence-electron chi connectivity index (χ0n) is 25.2. The van der Waals surface area contributed by atoms with Crippen molar-refractivity contribution in [1.29, 1.82) is 0 Å². The van der Waals surface area contributed by atoms with E-state index in [1.165, 1.54) is 63.9 Å². The molecule has 0 aliphatic heterocycles. The molecule has 1 aliphatic carbocycles. The Kier molecular flexibility index (Phi) is 16.5. The molecule has 0 bridgehead atoms. The van der Waals surface area contributed by atoms with E-state index in [1.807, 2.05) is 0 Å². The van der Waals surface area contributed by atoms with Crippen LogP contribution in [-0.2, 0) is 16.7 Å². The van der Waals surface area contributed by atoms with Crippen LogP contribution in [-0.4, -0.2) is 58.0 Å². The van der Waals surface area contributed by atoms with Crippen LogP contribution < -0.4 is 0 Å². The van der Waals surface area contributed by atoms with Crippen LogP contribution in [0.15, 0.2) is 10.2 Å². The summed E-state index contributed by atoms with van der Waals surface area (Å²) in [4.78, 5) is 2.60. The number of rotatable bonds is 7. The summed E-state index contributed by atoms with van der Waals surface area (Å²) in [5, 5.41) is 1.77. The van der Waals surface area contributed by atoms with Crippen molar-refractivity contribution >= 4 is 25.4 Å². The number of halogens is 1. The first kappa shape index (κ1) is 35.5. The maximum absolute atomic E-state index is 5.88. The normalized spacial score (nSPS) is 18.4. The summed E-state index contributed by atoms with van der Waals surface area (Å²) < 4.78 is 1.60. The van der Waals surface area contributed by atoms with Crippen LogP contribution >= 0.6 is 25.4 Å². The SMILES string of the molecule is CN(CCP(C(C)(C)C)C(C)(C)C)CCP(C(C)(C)C)C(C)(C)C.[Cl][IrH]/[C]1=C/CCCCCC1. The van der Waals surface area contributed by atoms with E-state index in [4.69, 9.17) is 9.58 Å². The van der Waals surface area contributed by atoms with Gasteiger partial charge in [0, 0.05) is 13.1 Å². The Morgan fingerprint density at radius 1 is 0.706 bits per heavy atom. The van der Waals surface area contributed by atoms with Gasteiger partial charge >= 0.3 is 75.0 Å². The van der Waals surface area contributed by atoms with E-state index in [-0.39, 0.29) is 32.5 Å². The molecule has 0 saturated carbocycles. The standard InChI is InChI=1S/C21H47NP2.C8H13.ClH.Ir.H/c1-18(2,3)23(19(4,5)6)16-14-22(13)15-17-24(20(7,8)9)21(10,11)12;1-2-4-6-8-7-5-3-1;;;/h14-17H2,1-13H3;1H,2,4-8H2;1H;;/q;;;+1;/p-1.